The molecule has 6 nitrogen and oxygen atoms in total. The van der Waals surface area contributed by atoms with Crippen LogP contribution in [0.2, 0.25) is 0 Å². The van der Waals surface area contributed by atoms with Gasteiger partial charge in [0, 0.05) is 0 Å². The summed E-state index contributed by atoms with van der Waals surface area (Å²) in [5, 5.41) is 4.80. The van der Waals surface area contributed by atoms with E-state index in [1.54, 1.807) is 0 Å². The SMILES string of the molecule is NN=C1NNC(=Cc2ccccc2)N1N. The van der Waals surface area contributed by atoms with Gasteiger partial charge in [-0.2, -0.15) is 0 Å². The van der Waals surface area contributed by atoms with Crippen molar-refractivity contribution in [1.82, 2.24) is 15.9 Å². The maximum atomic E-state index is 5.71. The summed E-state index contributed by atoms with van der Waals surface area (Å²) in [5.74, 6) is 11.9. The van der Waals surface area contributed by atoms with Crippen molar-refractivity contribution < 1.29 is 0 Å². The lowest BCUT2D eigenvalue weighted by Gasteiger charge is -2.08. The van der Waals surface area contributed by atoms with Gasteiger partial charge in [0.25, 0.3) is 5.96 Å². The molecule has 1 fully saturated rings. The molecule has 15 heavy (non-hydrogen) atoms. The molecule has 0 amide bonds. The van der Waals surface area contributed by atoms with E-state index in [4.69, 9.17) is 11.7 Å². The maximum Gasteiger partial charge on any atom is 0.255 e. The monoisotopic (exact) mass is 204 g/mol. The molecule has 0 unspecified atom stereocenters. The van der Waals surface area contributed by atoms with Crippen LogP contribution in [0.5, 0.6) is 0 Å². The molecule has 1 aliphatic rings. The Balaban J connectivity index is 2.23. The second kappa shape index (κ2) is 3.89. The summed E-state index contributed by atoms with van der Waals surface area (Å²) in [5.41, 5.74) is 6.63. The molecule has 0 saturated carbocycles. The highest BCUT2D eigenvalue weighted by atomic mass is 15.7. The van der Waals surface area contributed by atoms with Crippen molar-refractivity contribution in [2.45, 2.75) is 0 Å². The zero-order valence-corrected chi connectivity index (χ0v) is 8.01. The van der Waals surface area contributed by atoms with Gasteiger partial charge in [-0.3, -0.25) is 10.9 Å². The first-order valence-electron chi connectivity index (χ1n) is 4.43. The average molecular weight is 204 g/mol. The van der Waals surface area contributed by atoms with Crippen molar-refractivity contribution in [3.05, 3.63) is 41.7 Å². The van der Waals surface area contributed by atoms with Crippen LogP contribution >= 0.6 is 0 Å². The molecule has 2 rings (SSSR count). The molecule has 1 aliphatic heterocycles. The Bertz CT molecular complexity index is 396. The van der Waals surface area contributed by atoms with Crippen molar-refractivity contribution in [3.8, 4) is 0 Å². The van der Waals surface area contributed by atoms with Gasteiger partial charge in [0.05, 0.1) is 0 Å². The number of guanidine groups is 1. The molecule has 1 aromatic carbocycles. The molecule has 0 radical (unpaired) electrons. The number of hydrogen-bond donors (Lipinski definition) is 4. The predicted molar refractivity (Wildman–Crippen MR) is 58.3 cm³/mol. The van der Waals surface area contributed by atoms with E-state index in [0.29, 0.717) is 11.8 Å². The molecule has 1 heterocycles. The zero-order chi connectivity index (χ0) is 10.7. The lowest BCUT2D eigenvalue weighted by Crippen LogP contribution is -2.36. The molecule has 0 aromatic heterocycles. The van der Waals surface area contributed by atoms with Gasteiger partial charge in [0.15, 0.2) is 0 Å². The van der Waals surface area contributed by atoms with Crippen LogP contribution in [0.15, 0.2) is 41.3 Å². The van der Waals surface area contributed by atoms with Crippen LogP contribution in [0.3, 0.4) is 0 Å². The topological polar surface area (TPSA) is 91.7 Å². The number of rotatable bonds is 1. The summed E-state index contributed by atoms with van der Waals surface area (Å²) in [6.45, 7) is 0. The van der Waals surface area contributed by atoms with E-state index in [1.165, 1.54) is 5.01 Å². The smallest absolute Gasteiger partial charge is 0.255 e. The van der Waals surface area contributed by atoms with Gasteiger partial charge in [-0.1, -0.05) is 30.3 Å². The number of hydrogen-bond acceptors (Lipinski definition) is 4. The summed E-state index contributed by atoms with van der Waals surface area (Å²) in [6, 6.07) is 9.80. The first kappa shape index (κ1) is 9.35. The quantitative estimate of drug-likeness (QED) is 0.365. The van der Waals surface area contributed by atoms with Gasteiger partial charge in [-0.05, 0) is 11.6 Å². The highest BCUT2D eigenvalue weighted by Gasteiger charge is 2.19. The number of hydrazine groups is 2. The summed E-state index contributed by atoms with van der Waals surface area (Å²) in [4.78, 5) is 0. The maximum absolute atomic E-state index is 5.71. The molecule has 6 N–H and O–H groups in total. The van der Waals surface area contributed by atoms with Gasteiger partial charge in [-0.25, -0.2) is 10.9 Å². The number of nitrogens with one attached hydrogen (secondary N) is 2. The molecule has 0 bridgehead atoms. The Hall–Kier alpha value is -2.21. The predicted octanol–water partition coefficient (Wildman–Crippen LogP) is -0.502. The molecule has 1 saturated heterocycles. The first-order chi connectivity index (χ1) is 7.31. The second-order valence-corrected chi connectivity index (χ2v) is 3.01. The second-order valence-electron chi connectivity index (χ2n) is 3.01. The minimum atomic E-state index is 0.372. The van der Waals surface area contributed by atoms with Crippen molar-refractivity contribution in [3.63, 3.8) is 0 Å². The fourth-order valence-corrected chi connectivity index (χ4v) is 1.26. The van der Waals surface area contributed by atoms with E-state index < -0.39 is 0 Å². The van der Waals surface area contributed by atoms with Crippen LogP contribution in [0, 0.1) is 0 Å². The molecule has 78 valence electrons. The van der Waals surface area contributed by atoms with Crippen molar-refractivity contribution in [2.24, 2.45) is 16.8 Å². The Morgan fingerprint density at radius 1 is 1.20 bits per heavy atom. The number of hydrazone groups is 1. The van der Waals surface area contributed by atoms with Crippen molar-refractivity contribution in [1.29, 1.82) is 0 Å². The Morgan fingerprint density at radius 3 is 2.53 bits per heavy atom. The van der Waals surface area contributed by atoms with Gasteiger partial charge in [-0.15, -0.1) is 5.10 Å². The van der Waals surface area contributed by atoms with Crippen LogP contribution < -0.4 is 22.5 Å². The Morgan fingerprint density at radius 2 is 1.93 bits per heavy atom. The molecule has 1 aromatic rings. The molecule has 6 heteroatoms. The van der Waals surface area contributed by atoms with Crippen LogP contribution in [-0.4, -0.2) is 11.0 Å². The third-order valence-corrected chi connectivity index (χ3v) is 2.02. The fourth-order valence-electron chi connectivity index (χ4n) is 1.26. The molecular formula is C9H12N6. The molecule has 0 aliphatic carbocycles. The highest BCUT2D eigenvalue weighted by molar-refractivity contribution is 5.84. The number of nitrogens with two attached hydrogens (primary N) is 2. The summed E-state index contributed by atoms with van der Waals surface area (Å²) in [7, 11) is 0. The van der Waals surface area contributed by atoms with E-state index in [2.05, 4.69) is 16.0 Å². The zero-order valence-electron chi connectivity index (χ0n) is 8.01. The van der Waals surface area contributed by atoms with Crippen molar-refractivity contribution >= 4 is 12.0 Å². The highest BCUT2D eigenvalue weighted by Crippen LogP contribution is 2.08. The van der Waals surface area contributed by atoms with Crippen LogP contribution in [0.4, 0.5) is 0 Å². The van der Waals surface area contributed by atoms with Crippen LogP contribution in [0.25, 0.3) is 6.08 Å². The molecular weight excluding hydrogens is 192 g/mol. The minimum Gasteiger partial charge on any atom is -0.320 e. The van der Waals surface area contributed by atoms with Gasteiger partial charge < -0.3 is 5.84 Å². The standard InChI is InChI=1S/C9H12N6/c10-12-9-14-13-8(15(9)11)6-7-4-2-1-3-5-7/h1-6,13H,10-11H2,(H,12,14). The number of nitrogens with zero attached hydrogens (tertiary/aromatic N) is 2. The van der Waals surface area contributed by atoms with Gasteiger partial charge >= 0.3 is 0 Å². The normalized spacial score (nSPS) is 20.5. The third kappa shape index (κ3) is 1.84. The van der Waals surface area contributed by atoms with Gasteiger partial charge in [0.2, 0.25) is 0 Å². The van der Waals surface area contributed by atoms with Crippen molar-refractivity contribution in [2.75, 3.05) is 0 Å². The molecule has 0 spiro atoms. The molecule has 0 atom stereocenters. The van der Waals surface area contributed by atoms with E-state index in [9.17, 15) is 0 Å². The average Bonchev–Trinajstić information content (AvgIpc) is 2.62. The van der Waals surface area contributed by atoms with E-state index >= 15 is 0 Å². The Labute approximate surface area is 87.2 Å². The summed E-state index contributed by atoms with van der Waals surface area (Å²) < 4.78 is 0. The number of benzene rings is 1. The summed E-state index contributed by atoms with van der Waals surface area (Å²) in [6.07, 6.45) is 1.88. The van der Waals surface area contributed by atoms with E-state index in [-0.39, 0.29) is 0 Å². The summed E-state index contributed by atoms with van der Waals surface area (Å²) >= 11 is 0. The first-order valence-corrected chi connectivity index (χ1v) is 4.43. The lowest BCUT2D eigenvalue weighted by molar-refractivity contribution is 0.552. The van der Waals surface area contributed by atoms with E-state index in [0.717, 1.165) is 5.56 Å². The minimum absolute atomic E-state index is 0.372. The van der Waals surface area contributed by atoms with Crippen LogP contribution in [0.1, 0.15) is 5.56 Å². The van der Waals surface area contributed by atoms with E-state index in [1.807, 2.05) is 36.4 Å². The largest absolute Gasteiger partial charge is 0.320 e. The third-order valence-electron chi connectivity index (χ3n) is 2.02. The van der Waals surface area contributed by atoms with Gasteiger partial charge in [0.1, 0.15) is 5.82 Å². The lowest BCUT2D eigenvalue weighted by atomic mass is 10.2. The Kier molecular flexibility index (Phi) is 2.42. The fraction of sp³-hybridized carbons (Fsp3) is 0. The van der Waals surface area contributed by atoms with Crippen LogP contribution in [-0.2, 0) is 0 Å².